The van der Waals surface area contributed by atoms with Crippen LogP contribution >= 0.6 is 23.2 Å². The van der Waals surface area contributed by atoms with E-state index in [0.717, 1.165) is 25.1 Å². The number of benzene rings is 1. The van der Waals surface area contributed by atoms with Crippen molar-refractivity contribution in [1.82, 2.24) is 4.72 Å². The van der Waals surface area contributed by atoms with Crippen molar-refractivity contribution in [2.45, 2.75) is 18.9 Å². The minimum Gasteiger partial charge on any atom is -0.369 e. The van der Waals surface area contributed by atoms with Crippen LogP contribution in [0.2, 0.25) is 10.0 Å². The van der Waals surface area contributed by atoms with Crippen LogP contribution in [0.1, 0.15) is 12.8 Å². The summed E-state index contributed by atoms with van der Waals surface area (Å²) < 4.78 is 24.5. The van der Waals surface area contributed by atoms with Crippen molar-refractivity contribution in [2.75, 3.05) is 18.0 Å². The number of nitrogens with zero attached hydrogens (tertiary/aromatic N) is 1. The van der Waals surface area contributed by atoms with Gasteiger partial charge in [-0.05, 0) is 31.0 Å². The molecule has 1 aromatic carbocycles. The van der Waals surface area contributed by atoms with Gasteiger partial charge in [-0.3, -0.25) is 0 Å². The van der Waals surface area contributed by atoms with Crippen molar-refractivity contribution in [3.8, 4) is 0 Å². The highest BCUT2D eigenvalue weighted by molar-refractivity contribution is 7.87. The molecule has 1 aliphatic rings. The molecular formula is C11H15Cl2N3O2S. The Kier molecular flexibility index (Phi) is 4.58. The molecule has 1 atom stereocenters. The fraction of sp³-hybridized carbons (Fsp3) is 0.455. The molecule has 8 heteroatoms. The maximum atomic E-state index is 11.1. The molecule has 0 aromatic heterocycles. The lowest BCUT2D eigenvalue weighted by Gasteiger charge is -2.34. The predicted molar refractivity (Wildman–Crippen MR) is 77.9 cm³/mol. The van der Waals surface area contributed by atoms with E-state index in [9.17, 15) is 8.42 Å². The number of nitrogens with one attached hydrogen (secondary N) is 1. The first-order valence-corrected chi connectivity index (χ1v) is 8.15. The van der Waals surface area contributed by atoms with Crippen molar-refractivity contribution in [1.29, 1.82) is 0 Å². The fourth-order valence-electron chi connectivity index (χ4n) is 2.26. The van der Waals surface area contributed by atoms with Gasteiger partial charge in [0.25, 0.3) is 10.2 Å². The predicted octanol–water partition coefficient (Wildman–Crippen LogP) is 1.76. The topological polar surface area (TPSA) is 75.4 Å². The van der Waals surface area contributed by atoms with Gasteiger partial charge in [-0.1, -0.05) is 23.2 Å². The fourth-order valence-corrected chi connectivity index (χ4v) is 3.45. The Morgan fingerprint density at radius 1 is 1.37 bits per heavy atom. The van der Waals surface area contributed by atoms with E-state index in [2.05, 4.69) is 4.72 Å². The monoisotopic (exact) mass is 323 g/mol. The number of halogens is 2. The van der Waals surface area contributed by atoms with Crippen LogP contribution in [0.25, 0.3) is 0 Å². The highest BCUT2D eigenvalue weighted by atomic mass is 35.5. The number of anilines is 1. The number of piperidine rings is 1. The van der Waals surface area contributed by atoms with Gasteiger partial charge in [0, 0.05) is 24.2 Å². The molecule has 0 spiro atoms. The van der Waals surface area contributed by atoms with Crippen molar-refractivity contribution in [2.24, 2.45) is 5.14 Å². The summed E-state index contributed by atoms with van der Waals surface area (Å²) in [6.45, 7) is 1.36. The van der Waals surface area contributed by atoms with Crippen LogP contribution in [0.15, 0.2) is 18.2 Å². The van der Waals surface area contributed by atoms with Gasteiger partial charge in [0.15, 0.2) is 0 Å². The van der Waals surface area contributed by atoms with E-state index in [4.69, 9.17) is 28.3 Å². The van der Waals surface area contributed by atoms with Crippen LogP contribution in [0.3, 0.4) is 0 Å². The molecule has 1 aromatic rings. The molecule has 0 unspecified atom stereocenters. The molecule has 1 saturated heterocycles. The molecular weight excluding hydrogens is 309 g/mol. The molecule has 106 valence electrons. The molecule has 1 aliphatic heterocycles. The molecule has 0 radical (unpaired) electrons. The van der Waals surface area contributed by atoms with Crippen molar-refractivity contribution in [3.63, 3.8) is 0 Å². The summed E-state index contributed by atoms with van der Waals surface area (Å²) in [5.74, 6) is 0. The normalized spacial score (nSPS) is 20.6. The molecule has 2 rings (SSSR count). The van der Waals surface area contributed by atoms with Crippen molar-refractivity contribution >= 4 is 39.1 Å². The zero-order chi connectivity index (χ0) is 14.0. The lowest BCUT2D eigenvalue weighted by atomic mass is 10.1. The maximum absolute atomic E-state index is 11.1. The van der Waals surface area contributed by atoms with E-state index in [1.165, 1.54) is 0 Å². The molecule has 3 N–H and O–H groups in total. The molecule has 5 nitrogen and oxygen atoms in total. The molecule has 1 fully saturated rings. The van der Waals surface area contributed by atoms with E-state index in [0.29, 0.717) is 16.6 Å². The van der Waals surface area contributed by atoms with E-state index in [-0.39, 0.29) is 6.04 Å². The third-order valence-corrected chi connectivity index (χ3v) is 4.20. The second-order valence-corrected chi connectivity index (χ2v) is 6.71. The second kappa shape index (κ2) is 5.85. The highest BCUT2D eigenvalue weighted by Gasteiger charge is 2.23. The Labute approximate surface area is 122 Å². The Bertz CT molecular complexity index is 565. The van der Waals surface area contributed by atoms with Gasteiger partial charge in [-0.15, -0.1) is 0 Å². The summed E-state index contributed by atoms with van der Waals surface area (Å²) in [7, 11) is -3.68. The smallest absolute Gasteiger partial charge is 0.274 e. The van der Waals surface area contributed by atoms with Gasteiger partial charge in [0.2, 0.25) is 0 Å². The van der Waals surface area contributed by atoms with E-state index in [1.807, 2.05) is 11.0 Å². The first-order valence-electron chi connectivity index (χ1n) is 5.85. The second-order valence-electron chi connectivity index (χ2n) is 4.54. The summed E-state index contributed by atoms with van der Waals surface area (Å²) in [6.07, 6.45) is 1.63. The summed E-state index contributed by atoms with van der Waals surface area (Å²) >= 11 is 12.0. The average molecular weight is 324 g/mol. The molecule has 0 amide bonds. The van der Waals surface area contributed by atoms with Crippen LogP contribution < -0.4 is 14.8 Å². The molecule has 0 aliphatic carbocycles. The minimum absolute atomic E-state index is 0.199. The van der Waals surface area contributed by atoms with Gasteiger partial charge in [0.05, 0.1) is 10.7 Å². The first kappa shape index (κ1) is 14.9. The third-order valence-electron chi connectivity index (χ3n) is 3.00. The van der Waals surface area contributed by atoms with Gasteiger partial charge in [-0.25, -0.2) is 5.14 Å². The zero-order valence-corrected chi connectivity index (χ0v) is 12.5. The molecule has 19 heavy (non-hydrogen) atoms. The van der Waals surface area contributed by atoms with Gasteiger partial charge in [-0.2, -0.15) is 13.1 Å². The Balaban J connectivity index is 2.12. The largest absolute Gasteiger partial charge is 0.369 e. The van der Waals surface area contributed by atoms with Crippen LogP contribution in [-0.4, -0.2) is 27.5 Å². The lowest BCUT2D eigenvalue weighted by Crippen LogP contribution is -2.49. The summed E-state index contributed by atoms with van der Waals surface area (Å²) in [5.41, 5.74) is 0.854. The van der Waals surface area contributed by atoms with E-state index in [1.54, 1.807) is 12.1 Å². The third kappa shape index (κ3) is 4.22. The molecule has 1 heterocycles. The Morgan fingerprint density at radius 3 is 2.74 bits per heavy atom. The van der Waals surface area contributed by atoms with Gasteiger partial charge < -0.3 is 4.90 Å². The lowest BCUT2D eigenvalue weighted by molar-refractivity contribution is 0.466. The van der Waals surface area contributed by atoms with Gasteiger partial charge in [0.1, 0.15) is 0 Å². The standard InChI is InChI=1S/C11H15Cl2N3O2S/c12-8-3-4-11(10(13)6-8)16-5-1-2-9(7-16)15-19(14,17)18/h3-4,6,9,15H,1-2,5,7H2,(H2,14,17,18)/t9-/m0/s1. The molecule has 0 bridgehead atoms. The van der Waals surface area contributed by atoms with Gasteiger partial charge >= 0.3 is 0 Å². The summed E-state index contributed by atoms with van der Waals surface area (Å²) in [4.78, 5) is 2.03. The van der Waals surface area contributed by atoms with E-state index < -0.39 is 10.2 Å². The van der Waals surface area contributed by atoms with Crippen LogP contribution in [0.5, 0.6) is 0 Å². The van der Waals surface area contributed by atoms with Crippen molar-refractivity contribution in [3.05, 3.63) is 28.2 Å². The van der Waals surface area contributed by atoms with Crippen molar-refractivity contribution < 1.29 is 8.42 Å². The number of hydrogen-bond donors (Lipinski definition) is 2. The molecule has 0 saturated carbocycles. The van der Waals surface area contributed by atoms with E-state index >= 15 is 0 Å². The van der Waals surface area contributed by atoms with Crippen LogP contribution in [-0.2, 0) is 10.2 Å². The summed E-state index contributed by atoms with van der Waals surface area (Å²) in [6, 6.07) is 5.08. The average Bonchev–Trinajstić information content (AvgIpc) is 2.26. The number of nitrogens with two attached hydrogens (primary N) is 1. The zero-order valence-electron chi connectivity index (χ0n) is 10.1. The number of rotatable bonds is 3. The Hall–Kier alpha value is -0.530. The minimum atomic E-state index is -3.68. The summed E-state index contributed by atoms with van der Waals surface area (Å²) in [5, 5.41) is 6.13. The van der Waals surface area contributed by atoms with Crippen LogP contribution in [0, 0.1) is 0 Å². The number of hydrogen-bond acceptors (Lipinski definition) is 3. The maximum Gasteiger partial charge on any atom is 0.274 e. The highest BCUT2D eigenvalue weighted by Crippen LogP contribution is 2.30. The SMILES string of the molecule is NS(=O)(=O)N[C@H]1CCCN(c2ccc(Cl)cc2Cl)C1. The van der Waals surface area contributed by atoms with Crippen LogP contribution in [0.4, 0.5) is 5.69 Å². The quantitative estimate of drug-likeness (QED) is 0.889. The Morgan fingerprint density at radius 2 is 2.11 bits per heavy atom. The first-order chi connectivity index (χ1) is 8.85.